The van der Waals surface area contributed by atoms with Gasteiger partial charge in [0.05, 0.1) is 0 Å². The van der Waals surface area contributed by atoms with Gasteiger partial charge in [0.15, 0.2) is 0 Å². The Morgan fingerprint density at radius 2 is 0.777 bits per heavy atom. The van der Waals surface area contributed by atoms with E-state index in [-0.39, 0.29) is 5.54 Å². The molecule has 16 rings (SSSR count). The van der Waals surface area contributed by atoms with E-state index in [2.05, 4.69) is 254 Å². The fourth-order valence-electron chi connectivity index (χ4n) is 15.3. The Morgan fingerprint density at radius 3 is 1.24 bits per heavy atom. The molecule has 0 bridgehead atoms. The van der Waals surface area contributed by atoms with Crippen molar-refractivity contribution >= 4 is 43.6 Å². The molecule has 484 valence electrons. The zero-order chi connectivity index (χ0) is 64.9. The maximum absolute atomic E-state index is 4.42. The quantitative estimate of drug-likeness (QED) is 0.121. The van der Waals surface area contributed by atoms with Crippen molar-refractivity contribution in [2.45, 2.75) is 151 Å². The number of aryl methyl sites for hydroxylation is 11. The molecule has 4 aliphatic rings. The highest BCUT2D eigenvalue weighted by molar-refractivity contribution is 5.89. The molecular formula is C83H97N11. The summed E-state index contributed by atoms with van der Waals surface area (Å²) >= 11 is 0. The van der Waals surface area contributed by atoms with Gasteiger partial charge in [0, 0.05) is 213 Å². The molecule has 4 aliphatic heterocycles. The Balaban J connectivity index is 0.000000114. The number of likely N-dealkylation sites (N-methyl/N-ethyl adjacent to an activating group) is 3. The van der Waals surface area contributed by atoms with Crippen molar-refractivity contribution in [3.8, 4) is 0 Å². The molecule has 5 aromatic carbocycles. The maximum atomic E-state index is 4.42. The number of aromatic nitrogens is 7. The molecule has 11 nitrogen and oxygen atoms in total. The van der Waals surface area contributed by atoms with Gasteiger partial charge in [-0.1, -0.05) is 102 Å². The van der Waals surface area contributed by atoms with Crippen LogP contribution in [-0.2, 0) is 104 Å². The summed E-state index contributed by atoms with van der Waals surface area (Å²) in [5, 5.41) is 5.76. The van der Waals surface area contributed by atoms with E-state index in [0.717, 1.165) is 136 Å². The van der Waals surface area contributed by atoms with E-state index in [1.807, 2.05) is 44.0 Å². The number of hydrogen-bond acceptors (Lipinski definition) is 7. The predicted molar refractivity (Wildman–Crippen MR) is 390 cm³/mol. The van der Waals surface area contributed by atoms with Crippen LogP contribution >= 0.6 is 0 Å². The predicted octanol–water partition coefficient (Wildman–Crippen LogP) is 15.8. The van der Waals surface area contributed by atoms with Gasteiger partial charge in [-0.2, -0.15) is 0 Å². The third-order valence-corrected chi connectivity index (χ3v) is 20.4. The zero-order valence-corrected chi connectivity index (χ0v) is 57.4. The van der Waals surface area contributed by atoms with Gasteiger partial charge in [-0.05, 0) is 194 Å². The Morgan fingerprint density at radius 1 is 0.362 bits per heavy atom. The summed E-state index contributed by atoms with van der Waals surface area (Å²) in [5.74, 6) is 0. The van der Waals surface area contributed by atoms with Crippen LogP contribution in [0.3, 0.4) is 0 Å². The van der Waals surface area contributed by atoms with Crippen molar-refractivity contribution in [2.24, 2.45) is 0 Å². The molecule has 11 heteroatoms. The smallest absolute Gasteiger partial charge is 0.0486 e. The minimum Gasteiger partial charge on any atom is -0.344 e. The molecule has 0 aliphatic carbocycles. The normalized spacial score (nSPS) is 15.2. The van der Waals surface area contributed by atoms with E-state index in [4.69, 9.17) is 0 Å². The van der Waals surface area contributed by atoms with Crippen LogP contribution in [0.1, 0.15) is 105 Å². The average Bonchev–Trinajstić information content (AvgIpc) is 1.64. The number of pyridine rings is 3. The fraction of sp³-hybridized carbons (Fsp3) is 0.361. The Bertz CT molecular complexity index is 4380. The molecule has 0 saturated carbocycles. The number of benzene rings is 5. The van der Waals surface area contributed by atoms with Gasteiger partial charge in [0.2, 0.25) is 0 Å². The molecule has 0 fully saturated rings. The van der Waals surface area contributed by atoms with Crippen molar-refractivity contribution in [3.63, 3.8) is 0 Å². The standard InChI is InChI=1S/C22H27N3.C21H24N2.2C20H23N3/c1-22(2,3)24-13-11-21-19(16-24)18-8-4-5-9-20(18)25(21)14-10-17-7-6-12-23-15-17;1-16-8-9-20-18(14-16)19-15-22(2)12-11-21(19)23(20)13-10-17-6-4-3-5-7-17;1-15-3-4-19-17(13-15)18-14-22(2)11-8-20(18)23(19)12-7-16-5-9-21-10-6-16;1-15-7-8-16(13-21-15)9-12-23-19-6-4-3-5-17(19)18-14-22(2)11-10-20(18)23/h4-9,12,15H,10-11,13-14,16H2,1-3H3;3-9,14H,10-13,15H2,1-2H3;3-6,9-10,13H,7-8,11-12,14H2,1-2H3;3-8,13H,9-12,14H2,1-2H3. The summed E-state index contributed by atoms with van der Waals surface area (Å²) in [6.07, 6.45) is 18.4. The third-order valence-electron chi connectivity index (χ3n) is 20.4. The van der Waals surface area contributed by atoms with Crippen LogP contribution in [0.5, 0.6) is 0 Å². The summed E-state index contributed by atoms with van der Waals surface area (Å²) in [7, 11) is 6.66. The highest BCUT2D eigenvalue weighted by Gasteiger charge is 2.30. The lowest BCUT2D eigenvalue weighted by atomic mass is 9.98. The van der Waals surface area contributed by atoms with E-state index >= 15 is 0 Å². The van der Waals surface area contributed by atoms with Crippen LogP contribution in [-0.4, -0.2) is 106 Å². The number of fused-ring (bicyclic) bond motifs is 12. The van der Waals surface area contributed by atoms with Crippen LogP contribution in [0.4, 0.5) is 0 Å². The van der Waals surface area contributed by atoms with Crippen molar-refractivity contribution in [1.29, 1.82) is 0 Å². The molecule has 7 aromatic heterocycles. The Labute approximate surface area is 558 Å². The molecule has 12 aromatic rings. The first-order chi connectivity index (χ1) is 45.7. The van der Waals surface area contributed by atoms with Crippen molar-refractivity contribution < 1.29 is 0 Å². The Kier molecular flexibility index (Phi) is 19.6. The first-order valence-corrected chi connectivity index (χ1v) is 34.6. The van der Waals surface area contributed by atoms with Crippen molar-refractivity contribution in [2.75, 3.05) is 47.3 Å². The summed E-state index contributed by atoms with van der Waals surface area (Å²) in [6, 6.07) is 55.2. The summed E-state index contributed by atoms with van der Waals surface area (Å²) in [5.41, 5.74) is 27.3. The van der Waals surface area contributed by atoms with Gasteiger partial charge in [0.1, 0.15) is 0 Å². The van der Waals surface area contributed by atoms with Crippen molar-refractivity contribution in [3.05, 3.63) is 267 Å². The molecule has 94 heavy (non-hydrogen) atoms. The largest absolute Gasteiger partial charge is 0.344 e. The van der Waals surface area contributed by atoms with E-state index in [0.29, 0.717) is 0 Å². The lowest BCUT2D eigenvalue weighted by molar-refractivity contribution is 0.120. The van der Waals surface area contributed by atoms with E-state index in [1.165, 1.54) is 111 Å². The topological polar surface area (TPSA) is 71.4 Å². The average molecular weight is 1250 g/mol. The second-order valence-corrected chi connectivity index (χ2v) is 28.2. The van der Waals surface area contributed by atoms with E-state index in [1.54, 1.807) is 11.3 Å². The van der Waals surface area contributed by atoms with Crippen LogP contribution in [0.25, 0.3) is 43.6 Å². The van der Waals surface area contributed by atoms with E-state index in [9.17, 15) is 0 Å². The molecule has 0 spiro atoms. The minimum absolute atomic E-state index is 0.219. The van der Waals surface area contributed by atoms with Crippen LogP contribution in [0.2, 0.25) is 0 Å². The summed E-state index contributed by atoms with van der Waals surface area (Å²) < 4.78 is 10.2. The second kappa shape index (κ2) is 28.6. The molecule has 0 amide bonds. The highest BCUT2D eigenvalue weighted by atomic mass is 15.2. The molecule has 0 atom stereocenters. The number of nitrogens with zero attached hydrogens (tertiary/aromatic N) is 11. The van der Waals surface area contributed by atoms with Gasteiger partial charge >= 0.3 is 0 Å². The van der Waals surface area contributed by atoms with Gasteiger partial charge in [-0.3, -0.25) is 19.9 Å². The maximum Gasteiger partial charge on any atom is 0.0486 e. The Hall–Kier alpha value is -8.45. The van der Waals surface area contributed by atoms with Crippen molar-refractivity contribution in [1.82, 2.24) is 52.8 Å². The van der Waals surface area contributed by atoms with Crippen LogP contribution < -0.4 is 0 Å². The van der Waals surface area contributed by atoms with Gasteiger partial charge in [-0.15, -0.1) is 0 Å². The van der Waals surface area contributed by atoms with E-state index < -0.39 is 0 Å². The first kappa shape index (κ1) is 64.3. The molecular weight excluding hydrogens is 1150 g/mol. The number of hydrogen-bond donors (Lipinski definition) is 0. The van der Waals surface area contributed by atoms with Crippen LogP contribution in [0, 0.1) is 20.8 Å². The molecule has 0 unspecified atom stereocenters. The lowest BCUT2D eigenvalue weighted by Crippen LogP contribution is -2.44. The van der Waals surface area contributed by atoms with Gasteiger partial charge in [-0.25, -0.2) is 0 Å². The number of para-hydroxylation sites is 2. The third kappa shape index (κ3) is 14.3. The van der Waals surface area contributed by atoms with Gasteiger partial charge in [0.25, 0.3) is 0 Å². The molecule has 0 radical (unpaired) electrons. The molecule has 0 saturated heterocycles. The fourth-order valence-corrected chi connectivity index (χ4v) is 15.3. The monoisotopic (exact) mass is 1250 g/mol. The first-order valence-electron chi connectivity index (χ1n) is 34.6. The molecule has 11 heterocycles. The molecule has 0 N–H and O–H groups in total. The van der Waals surface area contributed by atoms with Gasteiger partial charge < -0.3 is 33.0 Å². The highest BCUT2D eigenvalue weighted by Crippen LogP contribution is 2.37. The number of rotatable bonds is 12. The lowest BCUT2D eigenvalue weighted by Gasteiger charge is -2.38. The SMILES string of the molecule is CC(C)(C)N1CCc2c(c3ccccc3n2CCc2cccnc2)C1.Cc1ccc(CCn2c3c(c4ccccc42)CN(C)CC3)cn1.Cc1ccc2c(c1)c1c(n2CCc2ccccc2)CCN(C)C1.Cc1ccc2c(c1)c1c(n2CCc2ccncc2)CCN(C)C1. The van der Waals surface area contributed by atoms with Crippen LogP contribution in [0.15, 0.2) is 183 Å². The summed E-state index contributed by atoms with van der Waals surface area (Å²) in [6.45, 7) is 26.4. The zero-order valence-electron chi connectivity index (χ0n) is 57.4. The minimum atomic E-state index is 0.219. The summed E-state index contributed by atoms with van der Waals surface area (Å²) in [4.78, 5) is 22.7. The second-order valence-electron chi connectivity index (χ2n) is 28.2.